The van der Waals surface area contributed by atoms with E-state index in [2.05, 4.69) is 198 Å². The van der Waals surface area contributed by atoms with Crippen molar-refractivity contribution in [3.63, 3.8) is 0 Å². The highest BCUT2D eigenvalue weighted by molar-refractivity contribution is 6.46. The first-order valence-corrected chi connectivity index (χ1v) is 20.7. The van der Waals surface area contributed by atoms with E-state index in [1.807, 2.05) is 0 Å². The maximum Gasteiger partial charge on any atom is -0.000697 e. The third-order valence-corrected chi connectivity index (χ3v) is 13.3. The minimum atomic E-state index is 0.0593. The van der Waals surface area contributed by atoms with E-state index in [4.69, 9.17) is 0 Å². The normalized spacial score (nSPS) is 12.6. The molecule has 0 bridgehead atoms. The van der Waals surface area contributed by atoms with Gasteiger partial charge in [-0.05, 0) is 180 Å². The SMILES string of the molecule is Cc1cccc(C)c1-c1ccc2cc3c4c(-c5ccccc5)c5c(cc6c7ccc(C(C)(C)C)cc7c7cccc5c76)c(-c5ccccc5)c4c4cccc(c2c1)c43. The molecule has 0 N–H and O–H groups in total. The molecular formula is C58H42. The van der Waals surface area contributed by atoms with Crippen molar-refractivity contribution in [3.05, 3.63) is 180 Å². The first kappa shape index (κ1) is 33.4. The lowest BCUT2D eigenvalue weighted by Gasteiger charge is -2.19. The predicted octanol–water partition coefficient (Wildman–Crippen LogP) is 16.7. The largest absolute Gasteiger partial charge is 0.0622 e. The minimum Gasteiger partial charge on any atom is -0.0622 e. The molecule has 0 unspecified atom stereocenters. The summed E-state index contributed by atoms with van der Waals surface area (Å²) >= 11 is 0. The summed E-state index contributed by atoms with van der Waals surface area (Å²) in [5.74, 6) is 0. The minimum absolute atomic E-state index is 0.0593. The van der Waals surface area contributed by atoms with Crippen molar-refractivity contribution in [2.45, 2.75) is 40.0 Å². The molecule has 0 amide bonds. The van der Waals surface area contributed by atoms with Crippen molar-refractivity contribution in [2.75, 3.05) is 0 Å². The Morgan fingerprint density at radius 2 is 0.879 bits per heavy atom. The molecule has 0 aromatic heterocycles. The van der Waals surface area contributed by atoms with Gasteiger partial charge in [0.15, 0.2) is 0 Å². The fourth-order valence-electron chi connectivity index (χ4n) is 10.7. The smallest absolute Gasteiger partial charge is 0.000697 e. The summed E-state index contributed by atoms with van der Waals surface area (Å²) in [6, 6.07) is 62.4. The third kappa shape index (κ3) is 4.52. The topological polar surface area (TPSA) is 0 Å². The molecule has 0 radical (unpaired) electrons. The van der Waals surface area contributed by atoms with Crippen LogP contribution in [0.1, 0.15) is 37.5 Å². The molecule has 12 aromatic rings. The highest BCUT2D eigenvalue weighted by Gasteiger charge is 2.27. The average Bonchev–Trinajstić information content (AvgIpc) is 3.74. The number of benzene rings is 10. The Balaban J connectivity index is 1.33. The molecular weight excluding hydrogens is 697 g/mol. The van der Waals surface area contributed by atoms with Gasteiger partial charge in [0.2, 0.25) is 0 Å². The zero-order valence-electron chi connectivity index (χ0n) is 33.6. The maximum absolute atomic E-state index is 2.55. The zero-order valence-corrected chi connectivity index (χ0v) is 33.6. The fourth-order valence-corrected chi connectivity index (χ4v) is 10.7. The molecule has 0 nitrogen and oxygen atoms in total. The lowest BCUT2D eigenvalue weighted by atomic mass is 9.83. The molecule has 58 heavy (non-hydrogen) atoms. The van der Waals surface area contributed by atoms with Crippen LogP contribution in [0.25, 0.3) is 120 Å². The first-order chi connectivity index (χ1) is 28.3. The van der Waals surface area contributed by atoms with Crippen molar-refractivity contribution >= 4 is 86.2 Å². The lowest BCUT2D eigenvalue weighted by Crippen LogP contribution is -2.10. The Morgan fingerprint density at radius 3 is 1.57 bits per heavy atom. The van der Waals surface area contributed by atoms with Crippen molar-refractivity contribution in [1.29, 1.82) is 0 Å². The number of rotatable bonds is 3. The van der Waals surface area contributed by atoms with Crippen LogP contribution in [-0.4, -0.2) is 0 Å². The molecule has 0 spiro atoms. The second-order valence-electron chi connectivity index (χ2n) is 17.7. The summed E-state index contributed by atoms with van der Waals surface area (Å²) in [6.07, 6.45) is 0. The third-order valence-electron chi connectivity index (χ3n) is 13.3. The molecule has 0 heteroatoms. The molecule has 274 valence electrons. The van der Waals surface area contributed by atoms with Gasteiger partial charge < -0.3 is 0 Å². The Morgan fingerprint density at radius 1 is 0.293 bits per heavy atom. The van der Waals surface area contributed by atoms with Crippen molar-refractivity contribution in [2.24, 2.45) is 0 Å². The summed E-state index contributed by atoms with van der Waals surface area (Å²) in [6.45, 7) is 11.4. The average molecular weight is 739 g/mol. The van der Waals surface area contributed by atoms with Crippen molar-refractivity contribution < 1.29 is 0 Å². The summed E-state index contributed by atoms with van der Waals surface area (Å²) in [5.41, 5.74) is 11.8. The molecule has 0 atom stereocenters. The lowest BCUT2D eigenvalue weighted by molar-refractivity contribution is 0.591. The quantitative estimate of drug-likeness (QED) is 0.158. The van der Waals surface area contributed by atoms with Gasteiger partial charge in [-0.3, -0.25) is 0 Å². The monoisotopic (exact) mass is 738 g/mol. The van der Waals surface area contributed by atoms with E-state index in [0.29, 0.717) is 0 Å². The van der Waals surface area contributed by atoms with Gasteiger partial charge >= 0.3 is 0 Å². The van der Waals surface area contributed by atoms with E-state index in [1.54, 1.807) is 0 Å². The number of fused-ring (bicyclic) bond motifs is 10. The van der Waals surface area contributed by atoms with Crippen LogP contribution in [0.3, 0.4) is 0 Å². The van der Waals surface area contributed by atoms with Crippen LogP contribution in [0.2, 0.25) is 0 Å². The molecule has 12 rings (SSSR count). The van der Waals surface area contributed by atoms with Gasteiger partial charge in [-0.25, -0.2) is 0 Å². The summed E-state index contributed by atoms with van der Waals surface area (Å²) in [7, 11) is 0. The standard InChI is InChI=1S/C58H42/c1-33-15-12-16-34(2)50(33)38-26-25-37-29-48-54-41(45(37)30-38)21-13-24-44(54)56-51(35-17-8-6-9-18-35)49-32-47-40-28-27-39(58(3,4)5)31-46(40)42-22-14-23-43(53(42)47)55(49)52(57(48)56)36-19-10-7-11-20-36/h6-32H,1-5H3. The molecule has 0 aliphatic rings. The summed E-state index contributed by atoms with van der Waals surface area (Å²) in [4.78, 5) is 0. The van der Waals surface area contributed by atoms with Crippen LogP contribution in [-0.2, 0) is 5.41 Å². The predicted molar refractivity (Wildman–Crippen MR) is 253 cm³/mol. The molecule has 12 aromatic carbocycles. The van der Waals surface area contributed by atoms with E-state index in [1.165, 1.54) is 136 Å². The Kier molecular flexibility index (Phi) is 6.84. The van der Waals surface area contributed by atoms with E-state index in [-0.39, 0.29) is 5.41 Å². The number of hydrogen-bond acceptors (Lipinski definition) is 0. The van der Waals surface area contributed by atoms with Gasteiger partial charge in [0.25, 0.3) is 0 Å². The van der Waals surface area contributed by atoms with Crippen molar-refractivity contribution in [3.8, 4) is 33.4 Å². The number of aryl methyl sites for hydroxylation is 2. The van der Waals surface area contributed by atoms with E-state index in [9.17, 15) is 0 Å². The zero-order chi connectivity index (χ0) is 39.0. The highest BCUT2D eigenvalue weighted by Crippen LogP contribution is 2.55. The summed E-state index contributed by atoms with van der Waals surface area (Å²) < 4.78 is 0. The first-order valence-electron chi connectivity index (χ1n) is 20.7. The van der Waals surface area contributed by atoms with Gasteiger partial charge in [0.1, 0.15) is 0 Å². The fraction of sp³-hybridized carbons (Fsp3) is 0.103. The van der Waals surface area contributed by atoms with Crippen molar-refractivity contribution in [1.82, 2.24) is 0 Å². The Hall–Kier alpha value is -6.76. The van der Waals surface area contributed by atoms with Crippen LogP contribution in [0.15, 0.2) is 164 Å². The molecule has 0 heterocycles. The molecule has 0 saturated carbocycles. The molecule has 0 aliphatic carbocycles. The second-order valence-corrected chi connectivity index (χ2v) is 17.7. The van der Waals surface area contributed by atoms with E-state index in [0.717, 1.165) is 0 Å². The summed E-state index contributed by atoms with van der Waals surface area (Å²) in [5, 5.41) is 21.3. The van der Waals surface area contributed by atoms with Gasteiger partial charge in [-0.15, -0.1) is 0 Å². The van der Waals surface area contributed by atoms with Crippen LogP contribution in [0.4, 0.5) is 0 Å². The molecule has 0 aliphatic heterocycles. The molecule has 0 fully saturated rings. The van der Waals surface area contributed by atoms with Gasteiger partial charge in [0, 0.05) is 0 Å². The van der Waals surface area contributed by atoms with Crippen LogP contribution in [0, 0.1) is 13.8 Å². The van der Waals surface area contributed by atoms with Crippen LogP contribution in [0.5, 0.6) is 0 Å². The van der Waals surface area contributed by atoms with Gasteiger partial charge in [-0.2, -0.15) is 0 Å². The second kappa shape index (κ2) is 11.9. The van der Waals surface area contributed by atoms with Gasteiger partial charge in [-0.1, -0.05) is 160 Å². The maximum atomic E-state index is 2.55. The Bertz CT molecular complexity index is 3620. The Labute approximate surface area is 338 Å². The highest BCUT2D eigenvalue weighted by atomic mass is 14.3. The van der Waals surface area contributed by atoms with Gasteiger partial charge in [0.05, 0.1) is 0 Å². The van der Waals surface area contributed by atoms with E-state index < -0.39 is 0 Å². The number of hydrogen-bond donors (Lipinski definition) is 0. The van der Waals surface area contributed by atoms with Crippen LogP contribution >= 0.6 is 0 Å². The molecule has 0 saturated heterocycles. The van der Waals surface area contributed by atoms with E-state index >= 15 is 0 Å². The van der Waals surface area contributed by atoms with Crippen LogP contribution < -0.4 is 0 Å².